The Morgan fingerprint density at radius 1 is 1.41 bits per heavy atom. The van der Waals surface area contributed by atoms with Crippen molar-refractivity contribution in [1.29, 1.82) is 5.26 Å². The Kier molecular flexibility index (Phi) is 3.16. The first-order chi connectivity index (χ1) is 8.10. The third-order valence-corrected chi connectivity index (χ3v) is 3.13. The molecule has 0 aliphatic rings. The van der Waals surface area contributed by atoms with Gasteiger partial charge in [0.15, 0.2) is 5.82 Å². The number of aryl methyl sites for hydroxylation is 2. The van der Waals surface area contributed by atoms with Gasteiger partial charge in [0.2, 0.25) is 0 Å². The van der Waals surface area contributed by atoms with E-state index in [1.807, 2.05) is 32.2 Å². The van der Waals surface area contributed by atoms with Gasteiger partial charge in [0.25, 0.3) is 0 Å². The number of rotatable bonds is 2. The Bertz CT molecular complexity index is 576. The molecule has 1 heterocycles. The monoisotopic (exact) mass is 290 g/mol. The molecular weight excluding hydrogens is 280 g/mol. The fourth-order valence-electron chi connectivity index (χ4n) is 1.45. The highest BCUT2D eigenvalue weighted by atomic mass is 79.9. The van der Waals surface area contributed by atoms with Gasteiger partial charge < -0.3 is 5.32 Å². The largest absolute Gasteiger partial charge is 0.339 e. The van der Waals surface area contributed by atoms with Gasteiger partial charge in [-0.05, 0) is 41.1 Å². The molecule has 0 fully saturated rings. The SMILES string of the molecule is Cc1cc(Nc2ccc(C#N)c(Br)c2)nn1C. The molecule has 86 valence electrons. The molecule has 17 heavy (non-hydrogen) atoms. The van der Waals surface area contributed by atoms with Crippen LogP contribution in [-0.4, -0.2) is 9.78 Å². The number of halogens is 1. The fourth-order valence-corrected chi connectivity index (χ4v) is 1.92. The summed E-state index contributed by atoms with van der Waals surface area (Å²) in [6.07, 6.45) is 0. The molecular formula is C12H11BrN4. The molecule has 2 rings (SSSR count). The van der Waals surface area contributed by atoms with Crippen LogP contribution in [0.1, 0.15) is 11.3 Å². The maximum atomic E-state index is 8.82. The van der Waals surface area contributed by atoms with Crippen molar-refractivity contribution in [1.82, 2.24) is 9.78 Å². The van der Waals surface area contributed by atoms with Crippen LogP contribution in [0, 0.1) is 18.3 Å². The van der Waals surface area contributed by atoms with Gasteiger partial charge >= 0.3 is 0 Å². The lowest BCUT2D eigenvalue weighted by molar-refractivity contribution is 0.743. The predicted molar refractivity (Wildman–Crippen MR) is 70.1 cm³/mol. The van der Waals surface area contributed by atoms with Crippen LogP contribution in [0.4, 0.5) is 11.5 Å². The van der Waals surface area contributed by atoms with E-state index >= 15 is 0 Å². The Labute approximate surface area is 108 Å². The van der Waals surface area contributed by atoms with Crippen LogP contribution in [0.15, 0.2) is 28.7 Å². The van der Waals surface area contributed by atoms with Gasteiger partial charge in [-0.2, -0.15) is 10.4 Å². The number of aromatic nitrogens is 2. The second kappa shape index (κ2) is 4.60. The summed E-state index contributed by atoms with van der Waals surface area (Å²) >= 11 is 3.35. The second-order valence-electron chi connectivity index (χ2n) is 3.73. The summed E-state index contributed by atoms with van der Waals surface area (Å²) in [6, 6.07) is 9.55. The van der Waals surface area contributed by atoms with Crippen molar-refractivity contribution in [2.45, 2.75) is 6.92 Å². The summed E-state index contributed by atoms with van der Waals surface area (Å²) in [5.41, 5.74) is 2.60. The normalized spacial score (nSPS) is 10.0. The molecule has 0 aliphatic carbocycles. The Hall–Kier alpha value is -1.80. The van der Waals surface area contributed by atoms with Gasteiger partial charge in [0, 0.05) is 29.0 Å². The van der Waals surface area contributed by atoms with E-state index in [0.29, 0.717) is 5.56 Å². The van der Waals surface area contributed by atoms with Gasteiger partial charge in [-0.3, -0.25) is 4.68 Å². The van der Waals surface area contributed by atoms with Crippen LogP contribution in [0.5, 0.6) is 0 Å². The molecule has 0 saturated carbocycles. The van der Waals surface area contributed by atoms with Crippen molar-refractivity contribution in [3.8, 4) is 6.07 Å². The van der Waals surface area contributed by atoms with Crippen molar-refractivity contribution in [3.05, 3.63) is 40.0 Å². The standard InChI is InChI=1S/C12H11BrN4/c1-8-5-12(16-17(8)2)15-10-4-3-9(7-14)11(13)6-10/h3-6H,1-2H3,(H,15,16). The Morgan fingerprint density at radius 3 is 2.71 bits per heavy atom. The molecule has 2 aromatic rings. The summed E-state index contributed by atoms with van der Waals surface area (Å²) in [6.45, 7) is 1.99. The van der Waals surface area contributed by atoms with Crippen molar-refractivity contribution in [2.75, 3.05) is 5.32 Å². The first kappa shape index (κ1) is 11.7. The molecule has 1 aromatic heterocycles. The van der Waals surface area contributed by atoms with Crippen molar-refractivity contribution >= 4 is 27.4 Å². The number of nitrogens with one attached hydrogen (secondary N) is 1. The van der Waals surface area contributed by atoms with Gasteiger partial charge in [-0.25, -0.2) is 0 Å². The average Bonchev–Trinajstić information content (AvgIpc) is 2.58. The highest BCUT2D eigenvalue weighted by Crippen LogP contribution is 2.23. The summed E-state index contributed by atoms with van der Waals surface area (Å²) in [5.74, 6) is 0.793. The van der Waals surface area contributed by atoms with Crippen LogP contribution >= 0.6 is 15.9 Å². The Morgan fingerprint density at radius 2 is 2.18 bits per heavy atom. The molecule has 1 N–H and O–H groups in total. The summed E-state index contributed by atoms with van der Waals surface area (Å²) in [5, 5.41) is 16.3. The first-order valence-corrected chi connectivity index (χ1v) is 5.87. The molecule has 0 saturated heterocycles. The number of nitriles is 1. The molecule has 0 bridgehead atoms. The predicted octanol–water partition coefficient (Wildman–Crippen LogP) is 3.11. The summed E-state index contributed by atoms with van der Waals surface area (Å²) in [4.78, 5) is 0. The van der Waals surface area contributed by atoms with Gasteiger partial charge in [0.1, 0.15) is 6.07 Å². The van der Waals surface area contributed by atoms with Crippen LogP contribution in [0.3, 0.4) is 0 Å². The van der Waals surface area contributed by atoms with E-state index in [2.05, 4.69) is 32.4 Å². The third kappa shape index (κ3) is 2.48. The molecule has 0 amide bonds. The fraction of sp³-hybridized carbons (Fsp3) is 0.167. The van der Waals surface area contributed by atoms with Gasteiger partial charge in [0.05, 0.1) is 5.56 Å². The zero-order chi connectivity index (χ0) is 12.4. The second-order valence-corrected chi connectivity index (χ2v) is 4.58. The van der Waals surface area contributed by atoms with Crippen molar-refractivity contribution in [3.63, 3.8) is 0 Å². The van der Waals surface area contributed by atoms with Crippen molar-refractivity contribution < 1.29 is 0 Å². The average molecular weight is 291 g/mol. The summed E-state index contributed by atoms with van der Waals surface area (Å²) < 4.78 is 2.58. The zero-order valence-corrected chi connectivity index (χ0v) is 11.1. The van der Waals surface area contributed by atoms with Crippen LogP contribution < -0.4 is 5.32 Å². The Balaban J connectivity index is 2.25. The highest BCUT2D eigenvalue weighted by Gasteiger charge is 2.04. The lowest BCUT2D eigenvalue weighted by Crippen LogP contribution is -1.95. The van der Waals surface area contributed by atoms with Crippen LogP contribution in [-0.2, 0) is 7.05 Å². The van der Waals surface area contributed by atoms with E-state index < -0.39 is 0 Å². The number of nitrogens with zero attached hydrogens (tertiary/aromatic N) is 3. The minimum absolute atomic E-state index is 0.618. The first-order valence-electron chi connectivity index (χ1n) is 5.07. The maximum absolute atomic E-state index is 8.82. The molecule has 0 unspecified atom stereocenters. The van der Waals surface area contributed by atoms with E-state index in [9.17, 15) is 0 Å². The molecule has 0 radical (unpaired) electrons. The van der Waals surface area contributed by atoms with E-state index in [1.165, 1.54) is 0 Å². The molecule has 0 spiro atoms. The number of hydrogen-bond acceptors (Lipinski definition) is 3. The van der Waals surface area contributed by atoms with E-state index in [1.54, 1.807) is 10.7 Å². The zero-order valence-electron chi connectivity index (χ0n) is 9.53. The minimum Gasteiger partial charge on any atom is -0.339 e. The highest BCUT2D eigenvalue weighted by molar-refractivity contribution is 9.10. The molecule has 4 nitrogen and oxygen atoms in total. The summed E-state index contributed by atoms with van der Waals surface area (Å²) in [7, 11) is 1.90. The molecule has 5 heteroatoms. The van der Waals surface area contributed by atoms with Gasteiger partial charge in [-0.15, -0.1) is 0 Å². The minimum atomic E-state index is 0.618. The molecule has 0 aliphatic heterocycles. The number of anilines is 2. The van der Waals surface area contributed by atoms with Crippen LogP contribution in [0.2, 0.25) is 0 Å². The van der Waals surface area contributed by atoms with Gasteiger partial charge in [-0.1, -0.05) is 0 Å². The topological polar surface area (TPSA) is 53.6 Å². The van der Waals surface area contributed by atoms with Crippen molar-refractivity contribution in [2.24, 2.45) is 7.05 Å². The number of benzene rings is 1. The quantitative estimate of drug-likeness (QED) is 0.925. The molecule has 0 atom stereocenters. The number of hydrogen-bond donors (Lipinski definition) is 1. The lowest BCUT2D eigenvalue weighted by atomic mass is 10.2. The van der Waals surface area contributed by atoms with Crippen LogP contribution in [0.25, 0.3) is 0 Å². The lowest BCUT2D eigenvalue weighted by Gasteiger charge is -2.03. The smallest absolute Gasteiger partial charge is 0.152 e. The van der Waals surface area contributed by atoms with E-state index in [4.69, 9.17) is 5.26 Å². The van der Waals surface area contributed by atoms with E-state index in [-0.39, 0.29) is 0 Å². The van der Waals surface area contributed by atoms with E-state index in [0.717, 1.165) is 21.7 Å². The maximum Gasteiger partial charge on any atom is 0.152 e. The third-order valence-electron chi connectivity index (χ3n) is 2.48. The molecule has 1 aromatic carbocycles.